The summed E-state index contributed by atoms with van der Waals surface area (Å²) in [4.78, 5) is 20.7. The Hall–Kier alpha value is -1.16. The summed E-state index contributed by atoms with van der Waals surface area (Å²) >= 11 is 3.19. The Kier molecular flexibility index (Phi) is 2.99. The molecule has 0 fully saturated rings. The van der Waals surface area contributed by atoms with Crippen molar-refractivity contribution in [3.05, 3.63) is 34.3 Å². The highest BCUT2D eigenvalue weighted by Crippen LogP contribution is 2.11. The second kappa shape index (κ2) is 4.01. The lowest BCUT2D eigenvalue weighted by Crippen LogP contribution is -2.02. The molecular weight excluding hydrogens is 224 g/mol. The Morgan fingerprint density at radius 2 is 2.25 bits per heavy atom. The summed E-state index contributed by atoms with van der Waals surface area (Å²) < 4.78 is 4.91. The maximum atomic E-state index is 10.9. The zero-order valence-electron chi connectivity index (χ0n) is 5.99. The summed E-state index contributed by atoms with van der Waals surface area (Å²) in [7, 11) is 0. The van der Waals surface area contributed by atoms with Gasteiger partial charge in [-0.3, -0.25) is 4.79 Å². The number of halogens is 1. The van der Waals surface area contributed by atoms with Crippen molar-refractivity contribution in [1.82, 2.24) is 0 Å². The van der Waals surface area contributed by atoms with Crippen LogP contribution in [0.3, 0.4) is 0 Å². The number of benzene rings is 1. The smallest absolute Gasteiger partial charge is 0.345 e. The molecule has 3 nitrogen and oxygen atoms in total. The van der Waals surface area contributed by atoms with Gasteiger partial charge in [0.05, 0.1) is 5.56 Å². The van der Waals surface area contributed by atoms with Crippen LogP contribution in [0.1, 0.15) is 10.4 Å². The van der Waals surface area contributed by atoms with Gasteiger partial charge in [0.25, 0.3) is 0 Å². The van der Waals surface area contributed by atoms with Gasteiger partial charge < -0.3 is 4.74 Å². The van der Waals surface area contributed by atoms with Gasteiger partial charge in [-0.1, -0.05) is 22.0 Å². The molecule has 0 radical (unpaired) electrons. The molecule has 0 unspecified atom stereocenters. The number of hydrogen-bond acceptors (Lipinski definition) is 3. The van der Waals surface area contributed by atoms with Crippen LogP contribution in [0.25, 0.3) is 0 Å². The molecule has 0 saturated heterocycles. The largest absolute Gasteiger partial charge is 0.392 e. The van der Waals surface area contributed by atoms with E-state index in [-0.39, 0.29) is 6.47 Å². The maximum absolute atomic E-state index is 10.9. The van der Waals surface area contributed by atoms with Gasteiger partial charge in [-0.2, -0.15) is 0 Å². The lowest BCUT2D eigenvalue weighted by Gasteiger charge is -1.96. The van der Waals surface area contributed by atoms with E-state index in [2.05, 4.69) is 20.7 Å². The second-order valence-corrected chi connectivity index (χ2v) is 2.93. The molecule has 1 aromatic carbocycles. The van der Waals surface area contributed by atoms with Crippen molar-refractivity contribution in [2.24, 2.45) is 0 Å². The van der Waals surface area contributed by atoms with Gasteiger partial charge in [-0.25, -0.2) is 4.79 Å². The molecule has 0 aromatic heterocycles. The van der Waals surface area contributed by atoms with E-state index in [0.717, 1.165) is 4.47 Å². The van der Waals surface area contributed by atoms with Crippen LogP contribution in [-0.4, -0.2) is 12.4 Å². The molecule has 1 aromatic rings. The average molecular weight is 229 g/mol. The van der Waals surface area contributed by atoms with E-state index in [9.17, 15) is 9.59 Å². The predicted molar refractivity (Wildman–Crippen MR) is 45.6 cm³/mol. The van der Waals surface area contributed by atoms with Gasteiger partial charge in [-0.15, -0.1) is 0 Å². The molecule has 0 aliphatic carbocycles. The molecular formula is C8H5BrO3. The molecule has 0 bridgehead atoms. The van der Waals surface area contributed by atoms with Crippen LogP contribution in [-0.2, 0) is 9.53 Å². The Morgan fingerprint density at radius 3 is 2.83 bits per heavy atom. The third-order valence-electron chi connectivity index (χ3n) is 1.22. The SMILES string of the molecule is O=COC(=O)c1cccc(Br)c1. The Bertz CT molecular complexity index is 309. The molecule has 0 spiro atoms. The van der Waals surface area contributed by atoms with E-state index in [1.165, 1.54) is 0 Å². The van der Waals surface area contributed by atoms with Crippen molar-refractivity contribution in [3.63, 3.8) is 0 Å². The van der Waals surface area contributed by atoms with E-state index in [1.807, 2.05) is 0 Å². The number of rotatable bonds is 2. The second-order valence-electron chi connectivity index (χ2n) is 2.01. The minimum absolute atomic E-state index is 0.114. The van der Waals surface area contributed by atoms with Crippen LogP contribution < -0.4 is 0 Å². The van der Waals surface area contributed by atoms with Crippen molar-refractivity contribution in [1.29, 1.82) is 0 Å². The highest BCUT2D eigenvalue weighted by molar-refractivity contribution is 9.10. The Balaban J connectivity index is 2.87. The number of carbonyl (C=O) groups excluding carboxylic acids is 2. The molecule has 0 aliphatic heterocycles. The van der Waals surface area contributed by atoms with Crippen molar-refractivity contribution >= 4 is 28.4 Å². The third-order valence-corrected chi connectivity index (χ3v) is 1.71. The monoisotopic (exact) mass is 228 g/mol. The lowest BCUT2D eigenvalue weighted by molar-refractivity contribution is -0.123. The molecule has 0 aliphatic rings. The van der Waals surface area contributed by atoms with Crippen LogP contribution in [0.4, 0.5) is 0 Å². The van der Waals surface area contributed by atoms with Gasteiger partial charge in [0, 0.05) is 4.47 Å². The van der Waals surface area contributed by atoms with Crippen LogP contribution in [0, 0.1) is 0 Å². The van der Waals surface area contributed by atoms with Crippen LogP contribution >= 0.6 is 15.9 Å². The standard InChI is InChI=1S/C8H5BrO3/c9-7-3-1-2-6(4-7)8(11)12-5-10/h1-5H. The molecule has 12 heavy (non-hydrogen) atoms. The van der Waals surface area contributed by atoms with Crippen molar-refractivity contribution in [3.8, 4) is 0 Å². The van der Waals surface area contributed by atoms with Crippen LogP contribution in [0.5, 0.6) is 0 Å². The molecule has 1 rings (SSSR count). The van der Waals surface area contributed by atoms with Crippen molar-refractivity contribution < 1.29 is 14.3 Å². The quantitative estimate of drug-likeness (QED) is 0.441. The fourth-order valence-electron chi connectivity index (χ4n) is 0.727. The first-order valence-corrected chi connectivity index (χ1v) is 3.93. The predicted octanol–water partition coefficient (Wildman–Crippen LogP) is 1.76. The Labute approximate surface area is 77.5 Å². The molecule has 0 N–H and O–H groups in total. The van der Waals surface area contributed by atoms with E-state index in [1.54, 1.807) is 24.3 Å². The molecule has 0 saturated carbocycles. The minimum Gasteiger partial charge on any atom is -0.392 e. The highest BCUT2D eigenvalue weighted by atomic mass is 79.9. The molecule has 0 amide bonds. The molecule has 4 heteroatoms. The maximum Gasteiger partial charge on any atom is 0.345 e. The fraction of sp³-hybridized carbons (Fsp3) is 0. The fourth-order valence-corrected chi connectivity index (χ4v) is 1.13. The third kappa shape index (κ3) is 2.17. The number of esters is 1. The minimum atomic E-state index is -0.647. The van der Waals surface area contributed by atoms with E-state index in [4.69, 9.17) is 0 Å². The summed E-state index contributed by atoms with van der Waals surface area (Å²) in [5.74, 6) is -0.647. The first kappa shape index (κ1) is 8.93. The van der Waals surface area contributed by atoms with Crippen molar-refractivity contribution in [2.45, 2.75) is 0 Å². The van der Waals surface area contributed by atoms with E-state index < -0.39 is 5.97 Å². The Morgan fingerprint density at radius 1 is 1.50 bits per heavy atom. The highest BCUT2D eigenvalue weighted by Gasteiger charge is 2.05. The van der Waals surface area contributed by atoms with Crippen LogP contribution in [0.15, 0.2) is 28.7 Å². The summed E-state index contributed by atoms with van der Waals surface area (Å²) in [6, 6.07) is 6.60. The van der Waals surface area contributed by atoms with Gasteiger partial charge in [-0.05, 0) is 18.2 Å². The number of ether oxygens (including phenoxy) is 1. The van der Waals surface area contributed by atoms with Crippen molar-refractivity contribution in [2.75, 3.05) is 0 Å². The molecule has 0 heterocycles. The van der Waals surface area contributed by atoms with Gasteiger partial charge in [0.1, 0.15) is 0 Å². The summed E-state index contributed by atoms with van der Waals surface area (Å²) in [5, 5.41) is 0. The summed E-state index contributed by atoms with van der Waals surface area (Å²) in [6.07, 6.45) is 0. The first-order valence-electron chi connectivity index (χ1n) is 3.14. The number of hydrogen-bond donors (Lipinski definition) is 0. The number of carbonyl (C=O) groups is 2. The van der Waals surface area contributed by atoms with Gasteiger partial charge in [0.2, 0.25) is 0 Å². The van der Waals surface area contributed by atoms with Gasteiger partial charge >= 0.3 is 12.4 Å². The lowest BCUT2D eigenvalue weighted by atomic mass is 10.2. The van der Waals surface area contributed by atoms with Crippen LogP contribution in [0.2, 0.25) is 0 Å². The van der Waals surface area contributed by atoms with Gasteiger partial charge in [0.15, 0.2) is 0 Å². The molecule has 0 atom stereocenters. The summed E-state index contributed by atoms with van der Waals surface area (Å²) in [6.45, 7) is 0.114. The zero-order valence-corrected chi connectivity index (χ0v) is 7.58. The van der Waals surface area contributed by atoms with E-state index >= 15 is 0 Å². The average Bonchev–Trinajstić information content (AvgIpc) is 2.05. The summed E-state index contributed by atoms with van der Waals surface area (Å²) in [5.41, 5.74) is 0.344. The first-order chi connectivity index (χ1) is 5.74. The zero-order chi connectivity index (χ0) is 8.97. The topological polar surface area (TPSA) is 43.4 Å². The van der Waals surface area contributed by atoms with E-state index in [0.29, 0.717) is 5.56 Å². The normalized spacial score (nSPS) is 9.08. The molecule has 62 valence electrons.